The highest BCUT2D eigenvalue weighted by Gasteiger charge is 2.16. The third-order valence-electron chi connectivity index (χ3n) is 4.20. The van der Waals surface area contributed by atoms with Crippen LogP contribution in [0, 0.1) is 0 Å². The minimum atomic E-state index is 0. The molecular formula is C15H25IN4S. The molecule has 0 amide bonds. The number of guanidine groups is 1. The molecule has 2 aliphatic carbocycles. The first-order valence-electron chi connectivity index (χ1n) is 7.85. The first-order valence-corrected chi connectivity index (χ1v) is 8.67. The molecule has 3 N–H and O–H groups in total. The van der Waals surface area contributed by atoms with Gasteiger partial charge in [0.1, 0.15) is 0 Å². The Bertz CT molecular complexity index is 457. The number of thiazole rings is 1. The summed E-state index contributed by atoms with van der Waals surface area (Å²) in [7, 11) is 0. The summed E-state index contributed by atoms with van der Waals surface area (Å²) in [6.07, 6.45) is 11.0. The predicted molar refractivity (Wildman–Crippen MR) is 99.8 cm³/mol. The SMILES string of the molecule is I.NC(=NCCc1nc2c(s1)CCCC2)NC1CCCC1. The zero-order valence-corrected chi connectivity index (χ0v) is 15.6. The van der Waals surface area contributed by atoms with E-state index >= 15 is 0 Å². The summed E-state index contributed by atoms with van der Waals surface area (Å²) in [4.78, 5) is 10.7. The second-order valence-corrected chi connectivity index (χ2v) is 7.00. The van der Waals surface area contributed by atoms with Gasteiger partial charge >= 0.3 is 0 Å². The number of aryl methyl sites for hydroxylation is 2. The minimum Gasteiger partial charge on any atom is -0.370 e. The summed E-state index contributed by atoms with van der Waals surface area (Å²) < 4.78 is 0. The maximum absolute atomic E-state index is 5.94. The lowest BCUT2D eigenvalue weighted by molar-refractivity contribution is 0.625. The van der Waals surface area contributed by atoms with Gasteiger partial charge in [0.25, 0.3) is 0 Å². The molecule has 6 heteroatoms. The van der Waals surface area contributed by atoms with E-state index in [1.165, 1.54) is 66.9 Å². The molecule has 0 atom stereocenters. The molecule has 3 rings (SSSR count). The first kappa shape index (κ1) is 17.0. The molecule has 0 aromatic carbocycles. The van der Waals surface area contributed by atoms with Crippen molar-refractivity contribution in [2.75, 3.05) is 6.54 Å². The molecule has 0 spiro atoms. The fourth-order valence-corrected chi connectivity index (χ4v) is 4.25. The van der Waals surface area contributed by atoms with Crippen molar-refractivity contribution in [2.24, 2.45) is 10.7 Å². The fourth-order valence-electron chi connectivity index (χ4n) is 3.11. The highest BCUT2D eigenvalue weighted by atomic mass is 127. The van der Waals surface area contributed by atoms with Crippen LogP contribution in [-0.4, -0.2) is 23.5 Å². The normalized spacial score (nSPS) is 19.1. The van der Waals surface area contributed by atoms with Gasteiger partial charge in [-0.15, -0.1) is 35.3 Å². The van der Waals surface area contributed by atoms with E-state index < -0.39 is 0 Å². The minimum absolute atomic E-state index is 0. The lowest BCUT2D eigenvalue weighted by atomic mass is 10.0. The van der Waals surface area contributed by atoms with E-state index in [9.17, 15) is 0 Å². The van der Waals surface area contributed by atoms with Gasteiger partial charge in [0.05, 0.1) is 10.7 Å². The first-order chi connectivity index (χ1) is 9.81. The Morgan fingerprint density at radius 2 is 2.00 bits per heavy atom. The molecule has 0 aliphatic heterocycles. The molecule has 21 heavy (non-hydrogen) atoms. The lowest BCUT2D eigenvalue weighted by Gasteiger charge is -2.11. The number of nitrogens with zero attached hydrogens (tertiary/aromatic N) is 2. The van der Waals surface area contributed by atoms with Crippen molar-refractivity contribution in [1.82, 2.24) is 10.3 Å². The van der Waals surface area contributed by atoms with Crippen LogP contribution in [0.25, 0.3) is 0 Å². The summed E-state index contributed by atoms with van der Waals surface area (Å²) in [6.45, 7) is 0.748. The Hall–Kier alpha value is -0.370. The number of halogens is 1. The van der Waals surface area contributed by atoms with Crippen LogP contribution in [0.5, 0.6) is 0 Å². The maximum Gasteiger partial charge on any atom is 0.188 e. The van der Waals surface area contributed by atoms with E-state index in [0.29, 0.717) is 12.0 Å². The molecule has 0 bridgehead atoms. The Morgan fingerprint density at radius 1 is 1.24 bits per heavy atom. The van der Waals surface area contributed by atoms with Crippen LogP contribution in [0.1, 0.15) is 54.1 Å². The van der Waals surface area contributed by atoms with Crippen LogP contribution < -0.4 is 11.1 Å². The van der Waals surface area contributed by atoms with Gasteiger partial charge in [-0.3, -0.25) is 4.99 Å². The number of nitrogens with one attached hydrogen (secondary N) is 1. The molecule has 1 aromatic heterocycles. The average Bonchev–Trinajstić information content (AvgIpc) is 3.07. The summed E-state index contributed by atoms with van der Waals surface area (Å²) in [6, 6.07) is 0.547. The number of aliphatic imine (C=N–C) groups is 1. The van der Waals surface area contributed by atoms with Gasteiger partial charge in [-0.1, -0.05) is 12.8 Å². The monoisotopic (exact) mass is 420 g/mol. The molecular weight excluding hydrogens is 395 g/mol. The molecule has 0 saturated heterocycles. The second kappa shape index (κ2) is 8.31. The van der Waals surface area contributed by atoms with Crippen LogP contribution >= 0.6 is 35.3 Å². The average molecular weight is 420 g/mol. The molecule has 0 radical (unpaired) electrons. The smallest absolute Gasteiger partial charge is 0.188 e. The molecule has 1 saturated carbocycles. The topological polar surface area (TPSA) is 63.3 Å². The van der Waals surface area contributed by atoms with Gasteiger partial charge in [-0.05, 0) is 38.5 Å². The van der Waals surface area contributed by atoms with Crippen LogP contribution in [0.15, 0.2) is 4.99 Å². The van der Waals surface area contributed by atoms with Crippen molar-refractivity contribution in [2.45, 2.75) is 63.8 Å². The summed E-state index contributed by atoms with van der Waals surface area (Å²) in [5.74, 6) is 0.609. The fraction of sp³-hybridized carbons (Fsp3) is 0.733. The summed E-state index contributed by atoms with van der Waals surface area (Å²) in [5, 5.41) is 4.56. The molecule has 4 nitrogen and oxygen atoms in total. The zero-order chi connectivity index (χ0) is 13.8. The van der Waals surface area contributed by atoms with Crippen LogP contribution in [0.3, 0.4) is 0 Å². The van der Waals surface area contributed by atoms with Crippen molar-refractivity contribution in [3.63, 3.8) is 0 Å². The quantitative estimate of drug-likeness (QED) is 0.447. The molecule has 1 heterocycles. The highest BCUT2D eigenvalue weighted by molar-refractivity contribution is 14.0. The van der Waals surface area contributed by atoms with Crippen LogP contribution in [-0.2, 0) is 19.3 Å². The van der Waals surface area contributed by atoms with Gasteiger partial charge < -0.3 is 11.1 Å². The predicted octanol–water partition coefficient (Wildman–Crippen LogP) is 3.03. The number of hydrogen-bond donors (Lipinski definition) is 2. The maximum atomic E-state index is 5.94. The van der Waals surface area contributed by atoms with E-state index in [2.05, 4.69) is 10.3 Å². The van der Waals surface area contributed by atoms with E-state index in [1.54, 1.807) is 0 Å². The van der Waals surface area contributed by atoms with E-state index in [4.69, 9.17) is 10.7 Å². The number of aromatic nitrogens is 1. The van der Waals surface area contributed by atoms with Crippen molar-refractivity contribution < 1.29 is 0 Å². The Labute approximate surface area is 148 Å². The van der Waals surface area contributed by atoms with E-state index in [1.807, 2.05) is 11.3 Å². The molecule has 118 valence electrons. The van der Waals surface area contributed by atoms with Gasteiger partial charge in [-0.2, -0.15) is 0 Å². The van der Waals surface area contributed by atoms with E-state index in [-0.39, 0.29) is 24.0 Å². The molecule has 0 unspecified atom stereocenters. The third-order valence-corrected chi connectivity index (χ3v) is 5.42. The van der Waals surface area contributed by atoms with Crippen LogP contribution in [0.2, 0.25) is 0 Å². The van der Waals surface area contributed by atoms with Gasteiger partial charge in [0.15, 0.2) is 5.96 Å². The van der Waals surface area contributed by atoms with E-state index in [0.717, 1.165) is 13.0 Å². The summed E-state index contributed by atoms with van der Waals surface area (Å²) >= 11 is 1.88. The van der Waals surface area contributed by atoms with Gasteiger partial charge in [0.2, 0.25) is 0 Å². The third kappa shape index (κ3) is 4.81. The van der Waals surface area contributed by atoms with Crippen LogP contribution in [0.4, 0.5) is 0 Å². The Kier molecular flexibility index (Phi) is 6.73. The number of fused-ring (bicyclic) bond motifs is 1. The lowest BCUT2D eigenvalue weighted by Crippen LogP contribution is -2.38. The zero-order valence-electron chi connectivity index (χ0n) is 12.4. The molecule has 1 aromatic rings. The van der Waals surface area contributed by atoms with Crippen molar-refractivity contribution in [3.05, 3.63) is 15.6 Å². The Morgan fingerprint density at radius 3 is 2.76 bits per heavy atom. The number of hydrogen-bond acceptors (Lipinski definition) is 3. The summed E-state index contributed by atoms with van der Waals surface area (Å²) in [5.41, 5.74) is 7.28. The van der Waals surface area contributed by atoms with Crippen molar-refractivity contribution >= 4 is 41.3 Å². The number of nitrogens with two attached hydrogens (primary N) is 1. The molecule has 1 fully saturated rings. The van der Waals surface area contributed by atoms with Crippen molar-refractivity contribution in [1.29, 1.82) is 0 Å². The molecule has 2 aliphatic rings. The Balaban J connectivity index is 0.00000161. The van der Waals surface area contributed by atoms with Gasteiger partial charge in [-0.25, -0.2) is 4.98 Å². The highest BCUT2D eigenvalue weighted by Crippen LogP contribution is 2.26. The second-order valence-electron chi connectivity index (χ2n) is 5.83. The van der Waals surface area contributed by atoms with Gasteiger partial charge in [0, 0.05) is 23.9 Å². The largest absolute Gasteiger partial charge is 0.370 e. The number of rotatable bonds is 4. The van der Waals surface area contributed by atoms with Crippen molar-refractivity contribution in [3.8, 4) is 0 Å². The standard InChI is InChI=1S/C15H24N4S.HI/c16-15(18-11-5-1-2-6-11)17-10-9-14-19-12-7-3-4-8-13(12)20-14;/h11H,1-10H2,(H3,16,17,18);1H.